The minimum absolute atomic E-state index is 0.313. The third kappa shape index (κ3) is 4.34. The summed E-state index contributed by atoms with van der Waals surface area (Å²) in [5, 5.41) is 15.4. The molecule has 0 spiro atoms. The first-order chi connectivity index (χ1) is 13.5. The van der Waals surface area contributed by atoms with Crippen molar-refractivity contribution in [1.82, 2.24) is 20.3 Å². The minimum Gasteiger partial charge on any atom is -0.394 e. The second-order valence-corrected chi connectivity index (χ2v) is 6.32. The highest BCUT2D eigenvalue weighted by Gasteiger charge is 2.18. The molecular weight excluding hydrogens is 361 g/mol. The van der Waals surface area contributed by atoms with Crippen LogP contribution in [0.2, 0.25) is 0 Å². The van der Waals surface area contributed by atoms with Gasteiger partial charge < -0.3 is 20.7 Å². The number of halogens is 1. The molecule has 0 aliphatic carbocycles. The zero-order valence-electron chi connectivity index (χ0n) is 15.7. The molecule has 28 heavy (non-hydrogen) atoms. The maximum Gasteiger partial charge on any atom is 0.268 e. The number of amides is 1. The zero-order valence-corrected chi connectivity index (χ0v) is 15.7. The average molecular weight is 383 g/mol. The van der Waals surface area contributed by atoms with E-state index in [0.717, 1.165) is 11.1 Å². The molecule has 1 amide bonds. The van der Waals surface area contributed by atoms with E-state index in [9.17, 15) is 14.3 Å². The Morgan fingerprint density at radius 3 is 2.89 bits per heavy atom. The molecule has 0 aliphatic rings. The summed E-state index contributed by atoms with van der Waals surface area (Å²) in [7, 11) is 0. The van der Waals surface area contributed by atoms with Crippen molar-refractivity contribution >= 4 is 11.9 Å². The van der Waals surface area contributed by atoms with Crippen LogP contribution in [0.4, 0.5) is 10.3 Å². The van der Waals surface area contributed by atoms with Crippen molar-refractivity contribution in [1.29, 1.82) is 0 Å². The van der Waals surface area contributed by atoms with E-state index in [0.29, 0.717) is 29.4 Å². The SMILES string of the molecule is CCNc1ncc(C)c(-c2c[nH]c(C(=O)NC(CO)c3cccc(F)c3)c2)n1. The Kier molecular flexibility index (Phi) is 6.00. The zero-order chi connectivity index (χ0) is 20.1. The molecule has 8 heteroatoms. The van der Waals surface area contributed by atoms with E-state index >= 15 is 0 Å². The van der Waals surface area contributed by atoms with E-state index in [-0.39, 0.29) is 6.61 Å². The van der Waals surface area contributed by atoms with Gasteiger partial charge in [0.2, 0.25) is 5.95 Å². The molecule has 0 radical (unpaired) electrons. The molecule has 0 fully saturated rings. The maximum atomic E-state index is 13.4. The number of rotatable bonds is 7. The molecule has 0 aliphatic heterocycles. The highest BCUT2D eigenvalue weighted by atomic mass is 19.1. The molecule has 0 saturated carbocycles. The topological polar surface area (TPSA) is 103 Å². The monoisotopic (exact) mass is 383 g/mol. The summed E-state index contributed by atoms with van der Waals surface area (Å²) < 4.78 is 13.4. The van der Waals surface area contributed by atoms with Crippen molar-refractivity contribution in [3.05, 3.63) is 65.4 Å². The van der Waals surface area contributed by atoms with Crippen molar-refractivity contribution in [3.63, 3.8) is 0 Å². The second kappa shape index (κ2) is 8.62. The summed E-state index contributed by atoms with van der Waals surface area (Å²) in [4.78, 5) is 24.2. The third-order valence-electron chi connectivity index (χ3n) is 4.25. The number of H-pyrrole nitrogens is 1. The van der Waals surface area contributed by atoms with Gasteiger partial charge in [-0.25, -0.2) is 14.4 Å². The molecule has 2 heterocycles. The lowest BCUT2D eigenvalue weighted by atomic mass is 10.1. The molecule has 0 bridgehead atoms. The predicted molar refractivity (Wildman–Crippen MR) is 104 cm³/mol. The molecule has 0 saturated heterocycles. The Morgan fingerprint density at radius 1 is 1.36 bits per heavy atom. The summed E-state index contributed by atoms with van der Waals surface area (Å²) in [6, 6.07) is 6.75. The Balaban J connectivity index is 1.80. The molecule has 146 valence electrons. The van der Waals surface area contributed by atoms with Gasteiger partial charge in [0.1, 0.15) is 11.5 Å². The Labute approximate surface area is 162 Å². The predicted octanol–water partition coefficient (Wildman–Crippen LogP) is 2.81. The number of carbonyl (C=O) groups is 1. The highest BCUT2D eigenvalue weighted by Crippen LogP contribution is 2.23. The highest BCUT2D eigenvalue weighted by molar-refractivity contribution is 5.94. The van der Waals surface area contributed by atoms with Crippen molar-refractivity contribution in [2.45, 2.75) is 19.9 Å². The van der Waals surface area contributed by atoms with Crippen LogP contribution >= 0.6 is 0 Å². The van der Waals surface area contributed by atoms with Gasteiger partial charge in [-0.3, -0.25) is 4.79 Å². The summed E-state index contributed by atoms with van der Waals surface area (Å²) >= 11 is 0. The summed E-state index contributed by atoms with van der Waals surface area (Å²) in [6.45, 7) is 4.20. The van der Waals surface area contributed by atoms with E-state index in [1.165, 1.54) is 18.2 Å². The summed E-state index contributed by atoms with van der Waals surface area (Å²) in [6.07, 6.45) is 3.41. The summed E-state index contributed by atoms with van der Waals surface area (Å²) in [5.41, 5.74) is 3.14. The van der Waals surface area contributed by atoms with Crippen LogP contribution in [0, 0.1) is 12.7 Å². The van der Waals surface area contributed by atoms with E-state index in [2.05, 4.69) is 25.6 Å². The summed E-state index contributed by atoms with van der Waals surface area (Å²) in [5.74, 6) is -0.321. The van der Waals surface area contributed by atoms with Gasteiger partial charge in [-0.05, 0) is 43.2 Å². The fraction of sp³-hybridized carbons (Fsp3) is 0.250. The van der Waals surface area contributed by atoms with Gasteiger partial charge in [0, 0.05) is 24.5 Å². The molecule has 7 nitrogen and oxygen atoms in total. The van der Waals surface area contributed by atoms with Crippen molar-refractivity contribution in [2.24, 2.45) is 0 Å². The van der Waals surface area contributed by atoms with Gasteiger partial charge >= 0.3 is 0 Å². The smallest absolute Gasteiger partial charge is 0.268 e. The fourth-order valence-corrected chi connectivity index (χ4v) is 2.83. The molecule has 3 aromatic rings. The first kappa shape index (κ1) is 19.5. The van der Waals surface area contributed by atoms with Gasteiger partial charge in [-0.2, -0.15) is 0 Å². The first-order valence-corrected chi connectivity index (χ1v) is 8.95. The van der Waals surface area contributed by atoms with Crippen LogP contribution in [0.1, 0.15) is 34.6 Å². The van der Waals surface area contributed by atoms with Gasteiger partial charge in [0.15, 0.2) is 0 Å². The fourth-order valence-electron chi connectivity index (χ4n) is 2.83. The minimum atomic E-state index is -0.712. The van der Waals surface area contributed by atoms with Gasteiger partial charge in [-0.15, -0.1) is 0 Å². The van der Waals surface area contributed by atoms with Crippen LogP contribution in [-0.2, 0) is 0 Å². The lowest BCUT2D eigenvalue weighted by Crippen LogP contribution is -2.31. The van der Waals surface area contributed by atoms with Crippen LogP contribution in [0.3, 0.4) is 0 Å². The normalized spacial score (nSPS) is 11.9. The van der Waals surface area contributed by atoms with Crippen molar-refractivity contribution < 1.29 is 14.3 Å². The maximum absolute atomic E-state index is 13.4. The van der Waals surface area contributed by atoms with E-state index in [4.69, 9.17) is 0 Å². The number of aliphatic hydroxyl groups is 1. The van der Waals surface area contributed by atoms with Crippen LogP contribution in [0.15, 0.2) is 42.7 Å². The number of nitrogens with zero attached hydrogens (tertiary/aromatic N) is 2. The number of carbonyl (C=O) groups excluding carboxylic acids is 1. The second-order valence-electron chi connectivity index (χ2n) is 6.32. The number of aromatic nitrogens is 3. The van der Waals surface area contributed by atoms with Crippen molar-refractivity contribution in [2.75, 3.05) is 18.5 Å². The number of nitrogens with one attached hydrogen (secondary N) is 3. The number of benzene rings is 1. The van der Waals surface area contributed by atoms with Gasteiger partial charge in [-0.1, -0.05) is 12.1 Å². The van der Waals surface area contributed by atoms with E-state index in [1.54, 1.807) is 24.5 Å². The van der Waals surface area contributed by atoms with Gasteiger partial charge in [0.25, 0.3) is 5.91 Å². The molecule has 1 unspecified atom stereocenters. The number of anilines is 1. The molecule has 1 atom stereocenters. The van der Waals surface area contributed by atoms with Crippen molar-refractivity contribution in [3.8, 4) is 11.3 Å². The first-order valence-electron chi connectivity index (χ1n) is 8.95. The molecule has 4 N–H and O–H groups in total. The van der Waals surface area contributed by atoms with Crippen LogP contribution in [-0.4, -0.2) is 39.1 Å². The molecular formula is C20H22FN5O2. The Morgan fingerprint density at radius 2 is 2.18 bits per heavy atom. The lowest BCUT2D eigenvalue weighted by molar-refractivity contribution is 0.0911. The number of hydrogen-bond donors (Lipinski definition) is 4. The Hall–Kier alpha value is -3.26. The quantitative estimate of drug-likeness (QED) is 0.502. The number of aliphatic hydroxyl groups excluding tert-OH is 1. The molecule has 3 rings (SSSR count). The number of hydrogen-bond acceptors (Lipinski definition) is 5. The van der Waals surface area contributed by atoms with Crippen LogP contribution < -0.4 is 10.6 Å². The molecule has 2 aromatic heterocycles. The van der Waals surface area contributed by atoms with Crippen LogP contribution in [0.25, 0.3) is 11.3 Å². The average Bonchev–Trinajstić information content (AvgIpc) is 3.17. The Bertz CT molecular complexity index is 973. The van der Waals surface area contributed by atoms with E-state index < -0.39 is 17.8 Å². The largest absolute Gasteiger partial charge is 0.394 e. The van der Waals surface area contributed by atoms with Gasteiger partial charge in [0.05, 0.1) is 18.3 Å². The lowest BCUT2D eigenvalue weighted by Gasteiger charge is -2.16. The van der Waals surface area contributed by atoms with E-state index in [1.807, 2.05) is 13.8 Å². The number of aryl methyl sites for hydroxylation is 1. The molecule has 1 aromatic carbocycles. The standard InChI is InChI=1S/C20H22FN5O2/c1-3-22-20-24-9-12(2)18(26-20)14-8-16(23-10-14)19(28)25-17(11-27)13-5-4-6-15(21)7-13/h4-10,17,23,27H,3,11H2,1-2H3,(H,25,28)(H,22,24,26). The van der Waals surface area contributed by atoms with Crippen LogP contribution in [0.5, 0.6) is 0 Å². The number of aromatic amines is 1. The third-order valence-corrected chi connectivity index (χ3v) is 4.25.